The maximum atomic E-state index is 13.1. The third kappa shape index (κ3) is 3.58. The summed E-state index contributed by atoms with van der Waals surface area (Å²) in [6, 6.07) is 20.9. The Bertz CT molecular complexity index is 1000. The molecule has 0 fully saturated rings. The van der Waals surface area contributed by atoms with E-state index >= 15 is 0 Å². The van der Waals surface area contributed by atoms with Crippen LogP contribution in [0, 0.1) is 5.92 Å². The summed E-state index contributed by atoms with van der Waals surface area (Å²) >= 11 is 0. The highest BCUT2D eigenvalue weighted by Gasteiger charge is 2.33. The van der Waals surface area contributed by atoms with Gasteiger partial charge >= 0.3 is 0 Å². The molecule has 3 aromatic rings. The van der Waals surface area contributed by atoms with Crippen molar-refractivity contribution >= 4 is 5.91 Å². The van der Waals surface area contributed by atoms with Gasteiger partial charge in [0.15, 0.2) is 0 Å². The number of nitrogens with zero attached hydrogens (tertiary/aromatic N) is 2. The fourth-order valence-electron chi connectivity index (χ4n) is 4.72. The predicted octanol–water partition coefficient (Wildman–Crippen LogP) is 5.10. The Morgan fingerprint density at radius 2 is 1.70 bits per heavy atom. The van der Waals surface area contributed by atoms with E-state index in [2.05, 4.69) is 65.8 Å². The van der Waals surface area contributed by atoms with Crippen LogP contribution in [0.1, 0.15) is 53.3 Å². The van der Waals surface area contributed by atoms with E-state index in [9.17, 15) is 4.79 Å². The number of benzene rings is 2. The fourth-order valence-corrected chi connectivity index (χ4v) is 4.72. The number of amides is 1. The summed E-state index contributed by atoms with van der Waals surface area (Å²) in [7, 11) is 0. The summed E-state index contributed by atoms with van der Waals surface area (Å²) in [5.74, 6) is 1.30. The average Bonchev–Trinajstić information content (AvgIpc) is 3.24. The van der Waals surface area contributed by atoms with Crippen molar-refractivity contribution in [1.29, 1.82) is 0 Å². The molecule has 2 aliphatic rings. The van der Waals surface area contributed by atoms with Crippen molar-refractivity contribution in [3.8, 4) is 0 Å². The Hall–Kier alpha value is -3.14. The molecule has 0 saturated carbocycles. The molecular formula is C26H26N2O2. The Labute approximate surface area is 177 Å². The molecular weight excluding hydrogens is 372 g/mol. The van der Waals surface area contributed by atoms with Crippen molar-refractivity contribution in [2.24, 2.45) is 5.92 Å². The van der Waals surface area contributed by atoms with Crippen LogP contribution in [0.25, 0.3) is 0 Å². The first kappa shape index (κ1) is 18.9. The van der Waals surface area contributed by atoms with Crippen molar-refractivity contribution in [3.05, 3.63) is 101 Å². The molecule has 0 saturated heterocycles. The lowest BCUT2D eigenvalue weighted by Gasteiger charge is -2.31. The van der Waals surface area contributed by atoms with Crippen molar-refractivity contribution in [1.82, 2.24) is 10.1 Å². The van der Waals surface area contributed by atoms with Crippen LogP contribution in [0.4, 0.5) is 0 Å². The molecule has 0 spiro atoms. The molecule has 1 atom stereocenters. The van der Waals surface area contributed by atoms with E-state index in [0.29, 0.717) is 13.1 Å². The second-order valence-electron chi connectivity index (χ2n) is 8.22. The van der Waals surface area contributed by atoms with Crippen LogP contribution in [0.3, 0.4) is 0 Å². The van der Waals surface area contributed by atoms with Gasteiger partial charge in [0.05, 0.1) is 12.5 Å². The predicted molar refractivity (Wildman–Crippen MR) is 116 cm³/mol. The van der Waals surface area contributed by atoms with Crippen molar-refractivity contribution in [3.63, 3.8) is 0 Å². The van der Waals surface area contributed by atoms with E-state index in [4.69, 9.17) is 4.52 Å². The molecule has 30 heavy (non-hydrogen) atoms. The number of carbonyl (C=O) groups excluding carboxylic acids is 1. The van der Waals surface area contributed by atoms with Gasteiger partial charge in [0.25, 0.3) is 0 Å². The van der Waals surface area contributed by atoms with Crippen LogP contribution in [0.15, 0.2) is 77.3 Å². The van der Waals surface area contributed by atoms with Crippen molar-refractivity contribution in [2.75, 3.05) is 6.54 Å². The van der Waals surface area contributed by atoms with E-state index in [0.717, 1.165) is 42.7 Å². The Morgan fingerprint density at radius 3 is 2.33 bits per heavy atom. The van der Waals surface area contributed by atoms with Crippen LogP contribution >= 0.6 is 0 Å². The van der Waals surface area contributed by atoms with Crippen LogP contribution in [-0.4, -0.2) is 22.5 Å². The largest absolute Gasteiger partial charge is 0.361 e. The standard InChI is InChI=1S/C26H26N2O2/c29-26(21-14-8-3-9-15-21)28-17-16-23-22(18-28)25(27-30-23)24(19-10-4-1-5-11-19)20-12-6-2-7-13-20/h1-8,10-13,21,24H,9,14-18H2/t21-/m0/s1. The Balaban J connectivity index is 1.49. The smallest absolute Gasteiger partial charge is 0.226 e. The summed E-state index contributed by atoms with van der Waals surface area (Å²) < 4.78 is 5.79. The normalized spacial score (nSPS) is 18.4. The van der Waals surface area contributed by atoms with Crippen molar-refractivity contribution in [2.45, 2.75) is 38.1 Å². The first-order valence-electron chi connectivity index (χ1n) is 10.8. The van der Waals surface area contributed by atoms with E-state index in [-0.39, 0.29) is 17.7 Å². The Kier molecular flexibility index (Phi) is 5.22. The number of hydrogen-bond acceptors (Lipinski definition) is 3. The minimum atomic E-state index is -0.00688. The minimum absolute atomic E-state index is 0.00688. The molecule has 1 aliphatic heterocycles. The molecule has 5 rings (SSSR count). The maximum absolute atomic E-state index is 13.1. The van der Waals surface area contributed by atoms with Crippen LogP contribution in [-0.2, 0) is 17.8 Å². The van der Waals surface area contributed by atoms with Gasteiger partial charge in [-0.05, 0) is 30.4 Å². The first-order chi connectivity index (χ1) is 14.8. The van der Waals surface area contributed by atoms with E-state index in [1.165, 1.54) is 11.1 Å². The van der Waals surface area contributed by atoms with Crippen molar-refractivity contribution < 1.29 is 9.32 Å². The van der Waals surface area contributed by atoms with Gasteiger partial charge in [0, 0.05) is 24.4 Å². The molecule has 4 nitrogen and oxygen atoms in total. The molecule has 1 aromatic heterocycles. The first-order valence-corrected chi connectivity index (χ1v) is 10.8. The number of allylic oxidation sites excluding steroid dienone is 2. The molecule has 2 aromatic carbocycles. The summed E-state index contributed by atoms with van der Waals surface area (Å²) in [5, 5.41) is 4.53. The van der Waals surface area contributed by atoms with Crippen LogP contribution in [0.5, 0.6) is 0 Å². The van der Waals surface area contributed by atoms with Gasteiger partial charge in [0.1, 0.15) is 11.5 Å². The fraction of sp³-hybridized carbons (Fsp3) is 0.308. The second-order valence-corrected chi connectivity index (χ2v) is 8.22. The minimum Gasteiger partial charge on any atom is -0.361 e. The van der Waals surface area contributed by atoms with Crippen LogP contribution in [0.2, 0.25) is 0 Å². The second kappa shape index (κ2) is 8.31. The summed E-state index contributed by atoms with van der Waals surface area (Å²) in [5.41, 5.74) is 4.38. The monoisotopic (exact) mass is 398 g/mol. The third-order valence-corrected chi connectivity index (χ3v) is 6.33. The number of aromatic nitrogens is 1. The molecule has 0 N–H and O–H groups in total. The van der Waals surface area contributed by atoms with Gasteiger partial charge in [-0.1, -0.05) is 78.0 Å². The highest BCUT2D eigenvalue weighted by atomic mass is 16.5. The quantitative estimate of drug-likeness (QED) is 0.575. The average molecular weight is 399 g/mol. The van der Waals surface area contributed by atoms with E-state index in [1.54, 1.807) is 0 Å². The molecule has 1 aliphatic carbocycles. The van der Waals surface area contributed by atoms with Crippen LogP contribution < -0.4 is 0 Å². The summed E-state index contributed by atoms with van der Waals surface area (Å²) in [4.78, 5) is 15.2. The highest BCUT2D eigenvalue weighted by molar-refractivity contribution is 5.79. The van der Waals surface area contributed by atoms with E-state index in [1.807, 2.05) is 17.0 Å². The maximum Gasteiger partial charge on any atom is 0.226 e. The number of fused-ring (bicyclic) bond motifs is 1. The zero-order chi connectivity index (χ0) is 20.3. The number of carbonyl (C=O) groups is 1. The van der Waals surface area contributed by atoms with Gasteiger partial charge in [-0.15, -0.1) is 0 Å². The molecule has 152 valence electrons. The van der Waals surface area contributed by atoms with Gasteiger partial charge < -0.3 is 9.42 Å². The summed E-state index contributed by atoms with van der Waals surface area (Å²) in [6.45, 7) is 1.30. The highest BCUT2D eigenvalue weighted by Crippen LogP contribution is 2.36. The van der Waals surface area contributed by atoms with Gasteiger partial charge in [-0.3, -0.25) is 4.79 Å². The van der Waals surface area contributed by atoms with Gasteiger partial charge in [-0.25, -0.2) is 0 Å². The lowest BCUT2D eigenvalue weighted by Crippen LogP contribution is -2.40. The lowest BCUT2D eigenvalue weighted by atomic mass is 9.85. The zero-order valence-corrected chi connectivity index (χ0v) is 17.0. The van der Waals surface area contributed by atoms with E-state index < -0.39 is 0 Å². The molecule has 4 heteroatoms. The molecule has 0 bridgehead atoms. The van der Waals surface area contributed by atoms with Gasteiger partial charge in [0.2, 0.25) is 5.91 Å². The third-order valence-electron chi connectivity index (χ3n) is 6.33. The Morgan fingerprint density at radius 1 is 1.00 bits per heavy atom. The molecule has 2 heterocycles. The zero-order valence-electron chi connectivity index (χ0n) is 17.0. The number of hydrogen-bond donors (Lipinski definition) is 0. The molecule has 1 amide bonds. The lowest BCUT2D eigenvalue weighted by molar-refractivity contribution is -0.136. The number of rotatable bonds is 4. The van der Waals surface area contributed by atoms with Gasteiger partial charge in [-0.2, -0.15) is 0 Å². The molecule has 0 unspecified atom stereocenters. The SMILES string of the molecule is O=C([C@H]1CC=CCC1)N1CCc2onc(C(c3ccccc3)c3ccccc3)c2C1. The summed E-state index contributed by atoms with van der Waals surface area (Å²) in [6.07, 6.45) is 7.86. The topological polar surface area (TPSA) is 46.3 Å². The molecule has 0 radical (unpaired) electrons.